The summed E-state index contributed by atoms with van der Waals surface area (Å²) in [7, 11) is 0. The Morgan fingerprint density at radius 1 is 1.21 bits per heavy atom. The van der Waals surface area contributed by atoms with Crippen LogP contribution in [-0.4, -0.2) is 36.3 Å². The zero-order chi connectivity index (χ0) is 17.5. The summed E-state index contributed by atoms with van der Waals surface area (Å²) in [5.74, 6) is 0.424. The number of piperidine rings is 1. The van der Waals surface area contributed by atoms with E-state index >= 15 is 0 Å². The van der Waals surface area contributed by atoms with Crippen molar-refractivity contribution in [2.24, 2.45) is 17.6 Å². The van der Waals surface area contributed by atoms with Gasteiger partial charge >= 0.3 is 0 Å². The summed E-state index contributed by atoms with van der Waals surface area (Å²) in [6, 6.07) is 9.61. The van der Waals surface area contributed by atoms with Crippen LogP contribution in [0.3, 0.4) is 0 Å². The highest BCUT2D eigenvalue weighted by Gasteiger charge is 2.27. The summed E-state index contributed by atoms with van der Waals surface area (Å²) >= 11 is 0. The average molecular weight is 331 g/mol. The molecule has 0 spiro atoms. The predicted octanol–water partition coefficient (Wildman–Crippen LogP) is 2.09. The molecule has 5 heteroatoms. The molecule has 1 saturated heterocycles. The lowest BCUT2D eigenvalue weighted by Gasteiger charge is -2.32. The molecule has 2 amide bonds. The minimum atomic E-state index is -0.472. The van der Waals surface area contributed by atoms with Gasteiger partial charge in [0.05, 0.1) is 12.6 Å². The van der Waals surface area contributed by atoms with E-state index in [0.29, 0.717) is 18.3 Å². The third kappa shape index (κ3) is 5.06. The van der Waals surface area contributed by atoms with Crippen molar-refractivity contribution in [3.8, 4) is 0 Å². The molecule has 0 aromatic heterocycles. The molecule has 2 rings (SSSR count). The summed E-state index contributed by atoms with van der Waals surface area (Å²) in [6.45, 7) is 6.10. The van der Waals surface area contributed by atoms with E-state index < -0.39 is 5.91 Å². The molecular weight excluding hydrogens is 302 g/mol. The third-order valence-corrected chi connectivity index (χ3v) is 5.08. The Morgan fingerprint density at radius 2 is 1.83 bits per heavy atom. The van der Waals surface area contributed by atoms with Gasteiger partial charge in [-0.05, 0) is 50.3 Å². The van der Waals surface area contributed by atoms with E-state index in [0.717, 1.165) is 31.5 Å². The molecule has 1 aromatic carbocycles. The van der Waals surface area contributed by atoms with Gasteiger partial charge < -0.3 is 16.0 Å². The maximum Gasteiger partial charge on any atom is 0.237 e. The van der Waals surface area contributed by atoms with Gasteiger partial charge in [0, 0.05) is 6.42 Å². The lowest BCUT2D eigenvalue weighted by Crippen LogP contribution is -2.41. The molecule has 1 fully saturated rings. The fourth-order valence-electron chi connectivity index (χ4n) is 3.49. The minimum Gasteiger partial charge on any atom is -0.368 e. The van der Waals surface area contributed by atoms with Gasteiger partial charge in [0.25, 0.3) is 0 Å². The molecule has 24 heavy (non-hydrogen) atoms. The summed E-state index contributed by atoms with van der Waals surface area (Å²) < 4.78 is 0. The lowest BCUT2D eigenvalue weighted by atomic mass is 9.84. The smallest absolute Gasteiger partial charge is 0.237 e. The number of hydrogen-bond acceptors (Lipinski definition) is 3. The Morgan fingerprint density at radius 3 is 2.42 bits per heavy atom. The first-order valence-corrected chi connectivity index (χ1v) is 8.82. The first-order valence-electron chi connectivity index (χ1n) is 8.82. The van der Waals surface area contributed by atoms with E-state index in [9.17, 15) is 9.59 Å². The van der Waals surface area contributed by atoms with Crippen molar-refractivity contribution in [2.45, 2.75) is 39.2 Å². The van der Waals surface area contributed by atoms with Crippen LogP contribution in [0, 0.1) is 11.8 Å². The SMILES string of the molecule is CC(CC(=O)N(CC(N)=O)[C@H](C)c1ccccc1)C1CCNCC1. The third-order valence-electron chi connectivity index (χ3n) is 5.08. The highest BCUT2D eigenvalue weighted by atomic mass is 16.2. The Hall–Kier alpha value is -1.88. The molecule has 1 aliphatic rings. The van der Waals surface area contributed by atoms with Gasteiger partial charge in [-0.25, -0.2) is 0 Å². The molecule has 5 nitrogen and oxygen atoms in total. The van der Waals surface area contributed by atoms with Gasteiger partial charge in [0.15, 0.2) is 0 Å². The van der Waals surface area contributed by atoms with E-state index in [2.05, 4.69) is 12.2 Å². The van der Waals surface area contributed by atoms with Crippen LogP contribution in [0.1, 0.15) is 44.7 Å². The van der Waals surface area contributed by atoms with Gasteiger partial charge in [-0.1, -0.05) is 37.3 Å². The Bertz CT molecular complexity index is 541. The molecule has 1 aliphatic heterocycles. The largest absolute Gasteiger partial charge is 0.368 e. The highest BCUT2D eigenvalue weighted by Crippen LogP contribution is 2.27. The topological polar surface area (TPSA) is 75.4 Å². The molecular formula is C19H29N3O2. The molecule has 2 atom stereocenters. The van der Waals surface area contributed by atoms with Crippen molar-refractivity contribution in [2.75, 3.05) is 19.6 Å². The van der Waals surface area contributed by atoms with Crippen LogP contribution in [0.4, 0.5) is 0 Å². The zero-order valence-electron chi connectivity index (χ0n) is 14.7. The van der Waals surface area contributed by atoms with E-state index in [1.54, 1.807) is 4.90 Å². The number of nitrogens with one attached hydrogen (secondary N) is 1. The second-order valence-corrected chi connectivity index (χ2v) is 6.84. The monoisotopic (exact) mass is 331 g/mol. The van der Waals surface area contributed by atoms with Gasteiger partial charge in [0.2, 0.25) is 11.8 Å². The van der Waals surface area contributed by atoms with E-state index in [1.807, 2.05) is 37.3 Å². The number of carbonyl (C=O) groups is 2. The average Bonchev–Trinajstić information content (AvgIpc) is 2.60. The number of amides is 2. The summed E-state index contributed by atoms with van der Waals surface area (Å²) in [5.41, 5.74) is 6.39. The second-order valence-electron chi connectivity index (χ2n) is 6.84. The van der Waals surface area contributed by atoms with Crippen LogP contribution in [0.2, 0.25) is 0 Å². The number of benzene rings is 1. The van der Waals surface area contributed by atoms with Crippen LogP contribution in [-0.2, 0) is 9.59 Å². The lowest BCUT2D eigenvalue weighted by molar-refractivity contribution is -0.138. The van der Waals surface area contributed by atoms with E-state index in [1.165, 1.54) is 0 Å². The van der Waals surface area contributed by atoms with Crippen molar-refractivity contribution >= 4 is 11.8 Å². The van der Waals surface area contributed by atoms with Gasteiger partial charge in [-0.2, -0.15) is 0 Å². The summed E-state index contributed by atoms with van der Waals surface area (Å²) in [6.07, 6.45) is 2.69. The van der Waals surface area contributed by atoms with Crippen molar-refractivity contribution < 1.29 is 9.59 Å². The maximum atomic E-state index is 12.8. The molecule has 3 N–H and O–H groups in total. The van der Waals surface area contributed by atoms with Crippen LogP contribution in [0.25, 0.3) is 0 Å². The van der Waals surface area contributed by atoms with Gasteiger partial charge in [-0.15, -0.1) is 0 Å². The van der Waals surface area contributed by atoms with Crippen LogP contribution in [0.5, 0.6) is 0 Å². The molecule has 0 radical (unpaired) electrons. The first-order chi connectivity index (χ1) is 11.5. The fourth-order valence-corrected chi connectivity index (χ4v) is 3.49. The molecule has 0 bridgehead atoms. The number of rotatable bonds is 7. The quantitative estimate of drug-likeness (QED) is 0.803. The minimum absolute atomic E-state index is 0.0104. The Labute approximate surface area is 144 Å². The van der Waals surface area contributed by atoms with Crippen molar-refractivity contribution in [1.29, 1.82) is 0 Å². The molecule has 132 valence electrons. The van der Waals surface area contributed by atoms with Crippen molar-refractivity contribution in [1.82, 2.24) is 10.2 Å². The van der Waals surface area contributed by atoms with Gasteiger partial charge in [-0.3, -0.25) is 9.59 Å². The number of carbonyl (C=O) groups excluding carboxylic acids is 2. The normalized spacial score (nSPS) is 17.9. The van der Waals surface area contributed by atoms with Crippen molar-refractivity contribution in [3.63, 3.8) is 0 Å². The summed E-state index contributed by atoms with van der Waals surface area (Å²) in [4.78, 5) is 25.9. The van der Waals surface area contributed by atoms with Gasteiger partial charge in [0.1, 0.15) is 0 Å². The highest BCUT2D eigenvalue weighted by molar-refractivity contribution is 5.84. The van der Waals surface area contributed by atoms with Crippen LogP contribution in [0.15, 0.2) is 30.3 Å². The number of nitrogens with two attached hydrogens (primary N) is 1. The fraction of sp³-hybridized carbons (Fsp3) is 0.579. The Kier molecular flexibility index (Phi) is 6.79. The second kappa shape index (κ2) is 8.83. The van der Waals surface area contributed by atoms with E-state index in [-0.39, 0.29) is 18.5 Å². The number of primary amides is 1. The molecule has 0 aliphatic carbocycles. The first kappa shape index (κ1) is 18.5. The number of hydrogen-bond donors (Lipinski definition) is 2. The predicted molar refractivity (Wildman–Crippen MR) is 95.1 cm³/mol. The number of nitrogens with zero attached hydrogens (tertiary/aromatic N) is 1. The zero-order valence-corrected chi connectivity index (χ0v) is 14.7. The Balaban J connectivity index is 2.05. The molecule has 1 heterocycles. The maximum absolute atomic E-state index is 12.8. The molecule has 0 saturated carbocycles. The van der Waals surface area contributed by atoms with Crippen LogP contribution >= 0.6 is 0 Å². The molecule has 1 unspecified atom stereocenters. The van der Waals surface area contributed by atoms with Crippen molar-refractivity contribution in [3.05, 3.63) is 35.9 Å². The summed E-state index contributed by atoms with van der Waals surface area (Å²) in [5, 5.41) is 3.35. The molecule has 1 aromatic rings. The standard InChI is InChI=1S/C19H29N3O2/c1-14(16-8-10-21-11-9-16)12-19(24)22(13-18(20)23)15(2)17-6-4-3-5-7-17/h3-7,14-16,21H,8-13H2,1-2H3,(H2,20,23)/t14?,15-/m1/s1. The van der Waals surface area contributed by atoms with E-state index in [4.69, 9.17) is 5.73 Å². The van der Waals surface area contributed by atoms with Crippen LogP contribution < -0.4 is 11.1 Å².